The van der Waals surface area contributed by atoms with Crippen molar-refractivity contribution in [3.63, 3.8) is 0 Å². The van der Waals surface area contributed by atoms with Gasteiger partial charge in [0.15, 0.2) is 11.5 Å². The Balaban J connectivity index is 1.59. The Morgan fingerprint density at radius 3 is 2.79 bits per heavy atom. The molecule has 28 heavy (non-hydrogen) atoms. The minimum absolute atomic E-state index is 0.0843. The van der Waals surface area contributed by atoms with E-state index in [4.69, 9.17) is 14.5 Å². The maximum Gasteiger partial charge on any atom is 0.326 e. The molecule has 0 saturated heterocycles. The molecule has 0 unspecified atom stereocenters. The molecule has 4 aromatic rings. The lowest BCUT2D eigenvalue weighted by Gasteiger charge is -2.18. The van der Waals surface area contributed by atoms with Crippen LogP contribution in [0.1, 0.15) is 19.9 Å². The lowest BCUT2D eigenvalue weighted by molar-refractivity contribution is 0.171. The van der Waals surface area contributed by atoms with Gasteiger partial charge in [-0.25, -0.2) is 9.78 Å². The smallest absolute Gasteiger partial charge is 0.326 e. The summed E-state index contributed by atoms with van der Waals surface area (Å²) in [5.74, 6) is 1.52. The lowest BCUT2D eigenvalue weighted by atomic mass is 10.1. The molecule has 0 aliphatic carbocycles. The summed E-state index contributed by atoms with van der Waals surface area (Å²) in [5, 5.41) is 2.89. The van der Waals surface area contributed by atoms with Crippen LogP contribution in [0.4, 0.5) is 0 Å². The van der Waals surface area contributed by atoms with E-state index in [0.29, 0.717) is 13.2 Å². The summed E-state index contributed by atoms with van der Waals surface area (Å²) in [6.07, 6.45) is 0. The van der Waals surface area contributed by atoms with Crippen molar-refractivity contribution in [1.82, 2.24) is 14.5 Å². The number of imidazole rings is 1. The van der Waals surface area contributed by atoms with Gasteiger partial charge in [-0.2, -0.15) is 0 Å². The van der Waals surface area contributed by atoms with Crippen LogP contribution in [-0.4, -0.2) is 27.7 Å². The average Bonchev–Trinajstić information content (AvgIpc) is 3.31. The average molecular weight is 393 g/mol. The molecule has 3 heterocycles. The summed E-state index contributed by atoms with van der Waals surface area (Å²) in [4.78, 5) is 20.2. The summed E-state index contributed by atoms with van der Waals surface area (Å²) in [5.41, 5.74) is 4.41. The number of rotatable bonds is 3. The molecule has 1 aliphatic heterocycles. The van der Waals surface area contributed by atoms with Crippen LogP contribution in [0.15, 0.2) is 46.6 Å². The summed E-state index contributed by atoms with van der Waals surface area (Å²) in [6, 6.07) is 11.9. The molecule has 5 rings (SSSR count). The van der Waals surface area contributed by atoms with Crippen molar-refractivity contribution in [2.24, 2.45) is 0 Å². The van der Waals surface area contributed by atoms with Crippen LogP contribution in [0.5, 0.6) is 11.5 Å². The standard InChI is InChI=1S/C21H19N3O3S/c1-12(2)24-16-5-3-4-14(19(16)23-21(24)25)20-22-15(11-28-20)13-6-7-17-18(10-13)27-9-8-26-17/h3-7,10-12H,8-9H2,1-2H3,(H,23,25). The Morgan fingerprint density at radius 2 is 1.96 bits per heavy atom. The van der Waals surface area contributed by atoms with E-state index in [1.165, 1.54) is 0 Å². The number of benzene rings is 2. The SMILES string of the molecule is CC(C)n1c(=O)[nH]c2c(-c3nc(-c4ccc5c(c4)OCCO5)cs3)cccc21. The number of aromatic nitrogens is 3. The number of aromatic amines is 1. The Kier molecular flexibility index (Phi) is 3.98. The third-order valence-electron chi connectivity index (χ3n) is 4.84. The van der Waals surface area contributed by atoms with E-state index in [-0.39, 0.29) is 11.7 Å². The first kappa shape index (κ1) is 17.1. The van der Waals surface area contributed by atoms with Crippen LogP contribution in [0.2, 0.25) is 0 Å². The number of H-pyrrole nitrogens is 1. The molecule has 142 valence electrons. The molecule has 0 amide bonds. The van der Waals surface area contributed by atoms with Crippen LogP contribution >= 0.6 is 11.3 Å². The molecular formula is C21H19N3O3S. The van der Waals surface area contributed by atoms with Crippen molar-refractivity contribution in [3.05, 3.63) is 52.3 Å². The molecule has 2 aromatic heterocycles. The fourth-order valence-corrected chi connectivity index (χ4v) is 4.43. The van der Waals surface area contributed by atoms with E-state index < -0.39 is 0 Å². The van der Waals surface area contributed by atoms with Crippen LogP contribution in [0, 0.1) is 0 Å². The van der Waals surface area contributed by atoms with Crippen molar-refractivity contribution in [2.45, 2.75) is 19.9 Å². The number of nitrogens with one attached hydrogen (secondary N) is 1. The lowest BCUT2D eigenvalue weighted by Crippen LogP contribution is -2.18. The first-order valence-corrected chi connectivity index (χ1v) is 10.1. The number of hydrogen-bond acceptors (Lipinski definition) is 5. The van der Waals surface area contributed by atoms with E-state index in [9.17, 15) is 4.79 Å². The highest BCUT2D eigenvalue weighted by Gasteiger charge is 2.17. The monoisotopic (exact) mass is 393 g/mol. The van der Waals surface area contributed by atoms with Crippen molar-refractivity contribution in [3.8, 4) is 33.3 Å². The van der Waals surface area contributed by atoms with Gasteiger partial charge in [0.05, 0.1) is 16.7 Å². The number of ether oxygens (including phenoxy) is 2. The largest absolute Gasteiger partial charge is 0.486 e. The number of nitrogens with zero attached hydrogens (tertiary/aromatic N) is 2. The Hall–Kier alpha value is -3.06. The quantitative estimate of drug-likeness (QED) is 0.557. The highest BCUT2D eigenvalue weighted by Crippen LogP contribution is 2.37. The van der Waals surface area contributed by atoms with Gasteiger partial charge in [-0.1, -0.05) is 6.07 Å². The maximum atomic E-state index is 12.4. The molecule has 0 saturated carbocycles. The summed E-state index contributed by atoms with van der Waals surface area (Å²) >= 11 is 1.56. The van der Waals surface area contributed by atoms with E-state index >= 15 is 0 Å². The molecule has 1 N–H and O–H groups in total. The normalized spacial score (nSPS) is 13.4. The Labute approximate surface area is 165 Å². The van der Waals surface area contributed by atoms with Crippen LogP contribution in [0.3, 0.4) is 0 Å². The van der Waals surface area contributed by atoms with E-state index in [1.54, 1.807) is 15.9 Å². The fourth-order valence-electron chi connectivity index (χ4n) is 3.57. The van der Waals surface area contributed by atoms with Gasteiger partial charge in [-0.05, 0) is 44.2 Å². The minimum Gasteiger partial charge on any atom is -0.486 e. The zero-order chi connectivity index (χ0) is 19.3. The van der Waals surface area contributed by atoms with Gasteiger partial charge < -0.3 is 14.5 Å². The topological polar surface area (TPSA) is 69.1 Å². The van der Waals surface area contributed by atoms with Crippen molar-refractivity contribution < 1.29 is 9.47 Å². The molecular weight excluding hydrogens is 374 g/mol. The molecule has 0 bridgehead atoms. The third-order valence-corrected chi connectivity index (χ3v) is 5.72. The van der Waals surface area contributed by atoms with E-state index in [0.717, 1.165) is 44.4 Å². The van der Waals surface area contributed by atoms with Gasteiger partial charge >= 0.3 is 5.69 Å². The van der Waals surface area contributed by atoms with Crippen molar-refractivity contribution in [1.29, 1.82) is 0 Å². The van der Waals surface area contributed by atoms with Crippen molar-refractivity contribution >= 4 is 22.4 Å². The molecule has 0 atom stereocenters. The first-order chi connectivity index (χ1) is 13.6. The molecule has 6 nitrogen and oxygen atoms in total. The first-order valence-electron chi connectivity index (χ1n) is 9.21. The van der Waals surface area contributed by atoms with Gasteiger partial charge in [0.25, 0.3) is 0 Å². The van der Waals surface area contributed by atoms with Crippen molar-refractivity contribution in [2.75, 3.05) is 13.2 Å². The second-order valence-corrected chi connectivity index (χ2v) is 7.85. The molecule has 0 fully saturated rings. The van der Waals surface area contributed by atoms with Gasteiger partial charge in [0.2, 0.25) is 0 Å². The molecule has 0 spiro atoms. The minimum atomic E-state index is -0.0962. The van der Waals surface area contributed by atoms with Crippen LogP contribution in [0.25, 0.3) is 32.9 Å². The third kappa shape index (κ3) is 2.70. The maximum absolute atomic E-state index is 12.4. The second kappa shape index (κ2) is 6.53. The van der Waals surface area contributed by atoms with Gasteiger partial charge in [-0.15, -0.1) is 11.3 Å². The number of thiazole rings is 1. The van der Waals surface area contributed by atoms with E-state index in [2.05, 4.69) is 4.98 Å². The van der Waals surface area contributed by atoms with Crippen LogP contribution in [-0.2, 0) is 0 Å². The van der Waals surface area contributed by atoms with E-state index in [1.807, 2.05) is 55.6 Å². The van der Waals surface area contributed by atoms with Crippen LogP contribution < -0.4 is 15.2 Å². The van der Waals surface area contributed by atoms with Gasteiger partial charge in [0.1, 0.15) is 18.2 Å². The fraction of sp³-hybridized carbons (Fsp3) is 0.238. The molecule has 2 aromatic carbocycles. The highest BCUT2D eigenvalue weighted by atomic mass is 32.1. The Bertz CT molecular complexity index is 1240. The highest BCUT2D eigenvalue weighted by molar-refractivity contribution is 7.13. The summed E-state index contributed by atoms with van der Waals surface area (Å²) in [6.45, 7) is 5.14. The molecule has 7 heteroatoms. The number of fused-ring (bicyclic) bond motifs is 2. The summed E-state index contributed by atoms with van der Waals surface area (Å²) in [7, 11) is 0. The zero-order valence-electron chi connectivity index (χ0n) is 15.6. The number of hydrogen-bond donors (Lipinski definition) is 1. The summed E-state index contributed by atoms with van der Waals surface area (Å²) < 4.78 is 13.0. The van der Waals surface area contributed by atoms with Gasteiger partial charge in [0, 0.05) is 22.5 Å². The predicted octanol–water partition coefficient (Wildman–Crippen LogP) is 4.47. The Morgan fingerprint density at radius 1 is 1.14 bits per heavy atom. The molecule has 0 radical (unpaired) electrons. The van der Waals surface area contributed by atoms with Gasteiger partial charge in [-0.3, -0.25) is 4.57 Å². The number of para-hydroxylation sites is 1. The predicted molar refractivity (Wildman–Crippen MR) is 110 cm³/mol. The zero-order valence-corrected chi connectivity index (χ0v) is 16.4. The molecule has 1 aliphatic rings. The second-order valence-electron chi connectivity index (χ2n) is 6.99.